The fourth-order valence-corrected chi connectivity index (χ4v) is 3.59. The maximum absolute atomic E-state index is 14.1. The number of methoxy groups -OCH3 is 1. The lowest BCUT2D eigenvalue weighted by Gasteiger charge is -2.26. The Morgan fingerprint density at radius 3 is 2.49 bits per heavy atom. The molecule has 0 spiro atoms. The molecule has 0 saturated heterocycles. The van der Waals surface area contributed by atoms with Crippen molar-refractivity contribution in [3.05, 3.63) is 95.8 Å². The number of benzene rings is 3. The summed E-state index contributed by atoms with van der Waals surface area (Å²) in [5.74, 6) is -1.72. The Balaban J connectivity index is 1.68. The van der Waals surface area contributed by atoms with Crippen LogP contribution < -0.4 is 16.4 Å². The van der Waals surface area contributed by atoms with Crippen LogP contribution in [-0.2, 0) is 14.3 Å². The fraction of sp³-hybridized carbons (Fsp3) is 0.214. The normalized spacial score (nSPS) is 12.6. The molecular weight excluding hydrogens is 477 g/mol. The van der Waals surface area contributed by atoms with Gasteiger partial charge in [0.1, 0.15) is 0 Å². The number of nitrogens with two attached hydrogens (primary N) is 1. The average Bonchev–Trinajstić information content (AvgIpc) is 2.87. The highest BCUT2D eigenvalue weighted by molar-refractivity contribution is 6.01. The smallest absolute Gasteiger partial charge is 0.412 e. The molecule has 0 fully saturated rings. The van der Waals surface area contributed by atoms with Crippen LogP contribution in [-0.4, -0.2) is 30.3 Å². The van der Waals surface area contributed by atoms with Crippen LogP contribution in [0, 0.1) is 12.7 Å². The maximum atomic E-state index is 14.1. The van der Waals surface area contributed by atoms with E-state index in [9.17, 15) is 19.1 Å². The molecule has 0 unspecified atom stereocenters. The lowest BCUT2D eigenvalue weighted by Crippen LogP contribution is -2.28. The predicted octanol–water partition coefficient (Wildman–Crippen LogP) is 5.70. The molecule has 194 valence electrons. The summed E-state index contributed by atoms with van der Waals surface area (Å²) < 4.78 is 25.4. The van der Waals surface area contributed by atoms with Crippen LogP contribution in [0.15, 0.2) is 78.9 Å². The molecule has 8 nitrogen and oxygen atoms in total. The molecule has 0 heterocycles. The van der Waals surface area contributed by atoms with Gasteiger partial charge >= 0.3 is 6.09 Å². The molecule has 9 heteroatoms. The summed E-state index contributed by atoms with van der Waals surface area (Å²) in [4.78, 5) is 24.9. The number of allylic oxidation sites excluding steroid dienone is 1. The van der Waals surface area contributed by atoms with Crippen molar-refractivity contribution < 1.29 is 28.6 Å². The number of carbonyl (C=O) groups excluding carboxylic acids is 2. The Hall–Kier alpha value is -4.37. The summed E-state index contributed by atoms with van der Waals surface area (Å²) in [5, 5.41) is 14.9. The first-order chi connectivity index (χ1) is 17.8. The zero-order chi connectivity index (χ0) is 26.8. The number of halogens is 1. The molecule has 37 heavy (non-hydrogen) atoms. The molecule has 0 aromatic heterocycles. The van der Waals surface area contributed by atoms with Crippen LogP contribution in [0.4, 0.5) is 26.2 Å². The number of aryl methyl sites for hydroxylation is 1. The number of aromatic hydroxyl groups is 1. The number of ether oxygens (including phenoxy) is 2. The van der Waals surface area contributed by atoms with Gasteiger partial charge in [0.2, 0.25) is 5.91 Å². The van der Waals surface area contributed by atoms with Crippen LogP contribution in [0.25, 0.3) is 0 Å². The fourth-order valence-electron chi connectivity index (χ4n) is 3.59. The van der Waals surface area contributed by atoms with Crippen LogP contribution >= 0.6 is 0 Å². The highest BCUT2D eigenvalue weighted by Gasteiger charge is 2.28. The van der Waals surface area contributed by atoms with Crippen molar-refractivity contribution >= 4 is 29.1 Å². The summed E-state index contributed by atoms with van der Waals surface area (Å²) in [7, 11) is 1.45. The Morgan fingerprint density at radius 2 is 1.81 bits per heavy atom. The van der Waals surface area contributed by atoms with E-state index in [0.29, 0.717) is 35.5 Å². The van der Waals surface area contributed by atoms with Gasteiger partial charge in [-0.1, -0.05) is 42.0 Å². The Labute approximate surface area is 214 Å². The lowest BCUT2D eigenvalue weighted by atomic mass is 10.00. The summed E-state index contributed by atoms with van der Waals surface area (Å²) in [6.45, 7) is 1.93. The van der Waals surface area contributed by atoms with E-state index < -0.39 is 29.9 Å². The maximum Gasteiger partial charge on any atom is 0.412 e. The number of anilines is 3. The van der Waals surface area contributed by atoms with Crippen molar-refractivity contribution in [2.24, 2.45) is 0 Å². The van der Waals surface area contributed by atoms with E-state index in [1.54, 1.807) is 42.5 Å². The molecule has 0 aliphatic heterocycles. The summed E-state index contributed by atoms with van der Waals surface area (Å²) in [6, 6.07) is 17.8. The van der Waals surface area contributed by atoms with Gasteiger partial charge in [0.15, 0.2) is 17.7 Å². The van der Waals surface area contributed by atoms with Gasteiger partial charge in [-0.2, -0.15) is 0 Å². The number of hydrogen-bond acceptors (Lipinski definition) is 6. The molecule has 2 amide bonds. The summed E-state index contributed by atoms with van der Waals surface area (Å²) in [6.07, 6.45) is 1.36. The van der Waals surface area contributed by atoms with Crippen LogP contribution in [0.2, 0.25) is 0 Å². The third kappa shape index (κ3) is 8.08. The number of amides is 2. The SMILES string of the molecule is CO[C@H](CC/C=C/C(=O)Nc1ccccc1N)[C@H](OC(=O)Nc1ccc(C)cc1)c1ccc(O)c(F)c1. The summed E-state index contributed by atoms with van der Waals surface area (Å²) in [5.41, 5.74) is 8.68. The van der Waals surface area contributed by atoms with Gasteiger partial charge in [-0.05, 0) is 67.8 Å². The molecule has 2 atom stereocenters. The van der Waals surface area contributed by atoms with Crippen LogP contribution in [0.3, 0.4) is 0 Å². The number of nitrogen functional groups attached to an aromatic ring is 1. The molecular formula is C28H30FN3O5. The molecule has 0 saturated carbocycles. The van der Waals surface area contributed by atoms with Gasteiger partial charge in [-0.25, -0.2) is 9.18 Å². The van der Waals surface area contributed by atoms with Crippen LogP contribution in [0.1, 0.15) is 30.1 Å². The second-order valence-electron chi connectivity index (χ2n) is 8.36. The minimum Gasteiger partial charge on any atom is -0.505 e. The van der Waals surface area contributed by atoms with Gasteiger partial charge < -0.3 is 25.6 Å². The van der Waals surface area contributed by atoms with E-state index in [1.165, 1.54) is 25.3 Å². The third-order valence-corrected chi connectivity index (χ3v) is 5.58. The third-order valence-electron chi connectivity index (χ3n) is 5.58. The number of carbonyl (C=O) groups is 2. The van der Waals surface area contributed by atoms with E-state index in [1.807, 2.05) is 19.1 Å². The van der Waals surface area contributed by atoms with E-state index >= 15 is 0 Å². The quantitative estimate of drug-likeness (QED) is 0.206. The van der Waals surface area contributed by atoms with Crippen LogP contribution in [0.5, 0.6) is 5.75 Å². The van der Waals surface area contributed by atoms with E-state index in [-0.39, 0.29) is 5.91 Å². The van der Waals surface area contributed by atoms with E-state index in [0.717, 1.165) is 11.6 Å². The van der Waals surface area contributed by atoms with E-state index in [4.69, 9.17) is 15.2 Å². The number of nitrogens with one attached hydrogen (secondary N) is 2. The number of phenolic OH excluding ortho intramolecular Hbond substituents is 1. The minimum atomic E-state index is -0.989. The number of hydrogen-bond donors (Lipinski definition) is 4. The Bertz CT molecular complexity index is 1250. The predicted molar refractivity (Wildman–Crippen MR) is 141 cm³/mol. The second kappa shape index (κ2) is 13.1. The first-order valence-electron chi connectivity index (χ1n) is 11.6. The van der Waals surface area contributed by atoms with Gasteiger partial charge in [-0.3, -0.25) is 10.1 Å². The minimum absolute atomic E-state index is 0.308. The van der Waals surface area contributed by atoms with Crippen molar-refractivity contribution in [2.45, 2.75) is 32.0 Å². The lowest BCUT2D eigenvalue weighted by molar-refractivity contribution is -0.111. The Morgan fingerprint density at radius 1 is 1.08 bits per heavy atom. The standard InChI is InChI=1S/C28H30FN3O5/c1-18-11-14-20(15-12-18)31-28(35)37-27(19-13-16-24(33)21(29)17-19)25(36-2)9-5-6-10-26(34)32-23-8-4-3-7-22(23)30/h3-4,6-8,10-17,25,27,33H,5,9,30H2,1-2H3,(H,31,35)(H,32,34)/b10-6+/t25-,27-/m1/s1. The van der Waals surface area contributed by atoms with Crippen molar-refractivity contribution in [1.29, 1.82) is 0 Å². The molecule has 5 N–H and O–H groups in total. The zero-order valence-electron chi connectivity index (χ0n) is 20.6. The van der Waals surface area contributed by atoms with Gasteiger partial charge in [-0.15, -0.1) is 0 Å². The molecule has 0 aliphatic rings. The molecule has 3 rings (SSSR count). The van der Waals surface area contributed by atoms with Gasteiger partial charge in [0.25, 0.3) is 0 Å². The first-order valence-corrected chi connectivity index (χ1v) is 11.6. The largest absolute Gasteiger partial charge is 0.505 e. The average molecular weight is 508 g/mol. The van der Waals surface area contributed by atoms with Crippen molar-refractivity contribution in [2.75, 3.05) is 23.5 Å². The number of rotatable bonds is 10. The molecule has 0 radical (unpaired) electrons. The molecule has 3 aromatic rings. The Kier molecular flexibility index (Phi) is 9.62. The highest BCUT2D eigenvalue weighted by atomic mass is 19.1. The molecule has 3 aromatic carbocycles. The molecule has 0 bridgehead atoms. The van der Waals surface area contributed by atoms with Crippen molar-refractivity contribution in [1.82, 2.24) is 0 Å². The van der Waals surface area contributed by atoms with E-state index in [2.05, 4.69) is 10.6 Å². The number of phenols is 1. The number of para-hydroxylation sites is 2. The van der Waals surface area contributed by atoms with Gasteiger partial charge in [0, 0.05) is 12.8 Å². The molecule has 0 aliphatic carbocycles. The van der Waals surface area contributed by atoms with Crippen molar-refractivity contribution in [3.63, 3.8) is 0 Å². The monoisotopic (exact) mass is 507 g/mol. The van der Waals surface area contributed by atoms with Gasteiger partial charge in [0.05, 0.1) is 17.5 Å². The second-order valence-corrected chi connectivity index (χ2v) is 8.36. The topological polar surface area (TPSA) is 123 Å². The van der Waals surface area contributed by atoms with Crippen molar-refractivity contribution in [3.8, 4) is 5.75 Å². The zero-order valence-corrected chi connectivity index (χ0v) is 20.6. The first kappa shape index (κ1) is 27.2. The summed E-state index contributed by atoms with van der Waals surface area (Å²) >= 11 is 0. The highest BCUT2D eigenvalue weighted by Crippen LogP contribution is 2.30.